The largest absolute Gasteiger partial charge is 0.369 e. The van der Waals surface area contributed by atoms with Crippen molar-refractivity contribution in [2.45, 2.75) is 91.1 Å². The number of carbonyl (C=O) groups is 1. The summed E-state index contributed by atoms with van der Waals surface area (Å²) in [4.78, 5) is 20.7. The second-order valence-corrected chi connectivity index (χ2v) is 10.7. The minimum atomic E-state index is -0.814. The highest BCUT2D eigenvalue weighted by Crippen LogP contribution is 2.62. The molecule has 4 nitrogen and oxygen atoms in total. The molecule has 1 saturated carbocycles. The van der Waals surface area contributed by atoms with E-state index in [-0.39, 0.29) is 22.8 Å². The Morgan fingerprint density at radius 1 is 1.18 bits per heavy atom. The Morgan fingerprint density at radius 3 is 2.43 bits per heavy atom. The number of nitrogens with two attached hydrogens (primary N) is 1. The van der Waals surface area contributed by atoms with Crippen LogP contribution in [0.5, 0.6) is 0 Å². The number of rotatable bonds is 2. The second kappa shape index (κ2) is 6.33. The van der Waals surface area contributed by atoms with Crippen LogP contribution in [-0.4, -0.2) is 22.8 Å². The predicted molar refractivity (Wildman–Crippen MR) is 114 cm³/mol. The van der Waals surface area contributed by atoms with Crippen LogP contribution in [0.4, 0.5) is 0 Å². The lowest BCUT2D eigenvalue weighted by Gasteiger charge is -2.44. The molecular weight excluding hydrogens is 346 g/mol. The Labute approximate surface area is 169 Å². The molecule has 1 fully saturated rings. The van der Waals surface area contributed by atoms with E-state index in [0.717, 1.165) is 31.2 Å². The molecule has 2 N–H and O–H groups in total. The molecule has 28 heavy (non-hydrogen) atoms. The number of hydrogen-bond acceptors (Lipinski definition) is 3. The van der Waals surface area contributed by atoms with Gasteiger partial charge in [0, 0.05) is 11.5 Å². The normalized spacial score (nSPS) is 26.4. The smallest absolute Gasteiger partial charge is 0.262 e. The number of carbonyl (C=O) groups excluding carboxylic acids is 1. The maximum absolute atomic E-state index is 13.9. The minimum Gasteiger partial charge on any atom is -0.369 e. The van der Waals surface area contributed by atoms with Gasteiger partial charge in [0.2, 0.25) is 0 Å². The summed E-state index contributed by atoms with van der Waals surface area (Å²) in [5.41, 5.74) is 9.37. The Bertz CT molecular complexity index is 827. The third-order valence-electron chi connectivity index (χ3n) is 6.98. The van der Waals surface area contributed by atoms with Crippen LogP contribution >= 0.6 is 0 Å². The van der Waals surface area contributed by atoms with E-state index in [1.165, 1.54) is 30.4 Å². The first-order valence-corrected chi connectivity index (χ1v) is 10.9. The van der Waals surface area contributed by atoms with Crippen molar-refractivity contribution in [1.29, 1.82) is 0 Å². The molecular formula is C24H35N3O. The quantitative estimate of drug-likeness (QED) is 0.817. The van der Waals surface area contributed by atoms with Crippen molar-refractivity contribution in [1.82, 2.24) is 4.90 Å². The summed E-state index contributed by atoms with van der Waals surface area (Å²) >= 11 is 0. The first-order chi connectivity index (χ1) is 13.1. The molecule has 1 amide bonds. The van der Waals surface area contributed by atoms with Gasteiger partial charge < -0.3 is 5.73 Å². The van der Waals surface area contributed by atoms with Crippen molar-refractivity contribution in [3.05, 3.63) is 34.9 Å². The van der Waals surface area contributed by atoms with E-state index in [1.54, 1.807) is 4.90 Å². The van der Waals surface area contributed by atoms with Crippen LogP contribution in [0.25, 0.3) is 0 Å². The standard InChI is InChI=1S/C24H35N3O/c1-16(2)27-20(28)24(26-21(27)25)19-13-17(14-22(3,4)5)9-10-18(19)15-23(24)11-7-6-8-12-23/h9-10,13,16H,6-8,11-12,14-15H2,1-5H3,(H2,25,26). The van der Waals surface area contributed by atoms with Gasteiger partial charge in [-0.15, -0.1) is 0 Å². The molecule has 1 heterocycles. The third-order valence-corrected chi connectivity index (χ3v) is 6.98. The molecule has 2 spiro atoms. The van der Waals surface area contributed by atoms with Crippen LogP contribution in [0.15, 0.2) is 23.2 Å². The molecule has 0 aromatic heterocycles. The molecule has 0 saturated heterocycles. The summed E-state index contributed by atoms with van der Waals surface area (Å²) in [6.45, 7) is 10.8. The fourth-order valence-electron chi connectivity index (χ4n) is 5.95. The molecule has 1 aromatic carbocycles. The Morgan fingerprint density at radius 2 is 1.86 bits per heavy atom. The van der Waals surface area contributed by atoms with E-state index in [4.69, 9.17) is 10.7 Å². The Balaban J connectivity index is 1.89. The zero-order valence-electron chi connectivity index (χ0n) is 18.1. The van der Waals surface area contributed by atoms with E-state index >= 15 is 0 Å². The fraction of sp³-hybridized carbons (Fsp3) is 0.667. The number of benzene rings is 1. The van der Waals surface area contributed by atoms with Crippen molar-refractivity contribution in [2.75, 3.05) is 0 Å². The number of hydrogen-bond donors (Lipinski definition) is 1. The van der Waals surface area contributed by atoms with Crippen molar-refractivity contribution in [2.24, 2.45) is 21.6 Å². The van der Waals surface area contributed by atoms with Crippen LogP contribution in [0.3, 0.4) is 0 Å². The number of fused-ring (bicyclic) bond motifs is 3. The molecule has 1 aromatic rings. The summed E-state index contributed by atoms with van der Waals surface area (Å²) < 4.78 is 0. The molecule has 1 atom stereocenters. The van der Waals surface area contributed by atoms with Crippen molar-refractivity contribution in [3.8, 4) is 0 Å². The lowest BCUT2D eigenvalue weighted by atomic mass is 9.62. The Kier molecular flexibility index (Phi) is 4.40. The minimum absolute atomic E-state index is 0.0260. The molecule has 152 valence electrons. The topological polar surface area (TPSA) is 58.7 Å². The number of guanidine groups is 1. The highest BCUT2D eigenvalue weighted by Gasteiger charge is 2.66. The fourth-order valence-corrected chi connectivity index (χ4v) is 5.95. The summed E-state index contributed by atoms with van der Waals surface area (Å²) in [5.74, 6) is 0.507. The van der Waals surface area contributed by atoms with Gasteiger partial charge in [0.15, 0.2) is 11.5 Å². The average Bonchev–Trinajstić information content (AvgIpc) is 3.00. The predicted octanol–water partition coefficient (Wildman–Crippen LogP) is 4.54. The van der Waals surface area contributed by atoms with Gasteiger partial charge in [0.05, 0.1) is 0 Å². The number of amides is 1. The van der Waals surface area contributed by atoms with Gasteiger partial charge in [-0.2, -0.15) is 0 Å². The summed E-state index contributed by atoms with van der Waals surface area (Å²) in [6, 6.07) is 6.82. The first-order valence-electron chi connectivity index (χ1n) is 10.9. The highest BCUT2D eigenvalue weighted by atomic mass is 16.2. The molecule has 0 radical (unpaired) electrons. The van der Waals surface area contributed by atoms with E-state index in [9.17, 15) is 4.79 Å². The number of nitrogens with zero attached hydrogens (tertiary/aromatic N) is 2. The third kappa shape index (κ3) is 2.71. The van der Waals surface area contributed by atoms with Crippen LogP contribution in [-0.2, 0) is 23.2 Å². The van der Waals surface area contributed by atoms with Gasteiger partial charge in [0.25, 0.3) is 5.91 Å². The first kappa shape index (κ1) is 19.5. The van der Waals surface area contributed by atoms with Crippen LogP contribution < -0.4 is 5.73 Å². The molecule has 1 unspecified atom stereocenters. The Hall–Kier alpha value is -1.84. The molecule has 2 aliphatic carbocycles. The summed E-state index contributed by atoms with van der Waals surface area (Å²) in [7, 11) is 0. The van der Waals surface area contributed by atoms with Crippen LogP contribution in [0.2, 0.25) is 0 Å². The molecule has 4 heteroatoms. The highest BCUT2D eigenvalue weighted by molar-refractivity contribution is 6.08. The van der Waals surface area contributed by atoms with Crippen LogP contribution in [0, 0.1) is 10.8 Å². The maximum atomic E-state index is 13.9. The van der Waals surface area contributed by atoms with Crippen molar-refractivity contribution in [3.63, 3.8) is 0 Å². The molecule has 0 bridgehead atoms. The molecule has 4 rings (SSSR count). The lowest BCUT2D eigenvalue weighted by molar-refractivity contribution is -0.138. The van der Waals surface area contributed by atoms with Gasteiger partial charge in [-0.05, 0) is 61.6 Å². The zero-order chi connectivity index (χ0) is 20.3. The molecule has 3 aliphatic rings. The van der Waals surface area contributed by atoms with E-state index in [1.807, 2.05) is 13.8 Å². The van der Waals surface area contributed by atoms with Crippen molar-refractivity contribution < 1.29 is 4.79 Å². The second-order valence-electron chi connectivity index (χ2n) is 10.7. The van der Waals surface area contributed by atoms with Gasteiger partial charge in [-0.25, -0.2) is 4.99 Å². The average molecular weight is 382 g/mol. The number of aliphatic imine (C=N–C) groups is 1. The van der Waals surface area contributed by atoms with Gasteiger partial charge in [-0.1, -0.05) is 58.2 Å². The van der Waals surface area contributed by atoms with Gasteiger partial charge in [0.1, 0.15) is 0 Å². The lowest BCUT2D eigenvalue weighted by Crippen LogP contribution is -2.52. The van der Waals surface area contributed by atoms with E-state index < -0.39 is 5.54 Å². The SMILES string of the molecule is CC(C)N1C(=O)C2(N=C1N)c1cc(CC(C)(C)C)ccc1CC21CCCCC1. The van der Waals surface area contributed by atoms with Gasteiger partial charge in [-0.3, -0.25) is 9.69 Å². The van der Waals surface area contributed by atoms with E-state index in [0.29, 0.717) is 5.96 Å². The monoisotopic (exact) mass is 381 g/mol. The summed E-state index contributed by atoms with van der Waals surface area (Å²) in [6.07, 6.45) is 7.67. The maximum Gasteiger partial charge on any atom is 0.262 e. The molecule has 1 aliphatic heterocycles. The summed E-state index contributed by atoms with van der Waals surface area (Å²) in [5, 5.41) is 0. The zero-order valence-corrected chi connectivity index (χ0v) is 18.1. The van der Waals surface area contributed by atoms with E-state index in [2.05, 4.69) is 39.0 Å². The van der Waals surface area contributed by atoms with Crippen molar-refractivity contribution >= 4 is 11.9 Å². The van der Waals surface area contributed by atoms with Gasteiger partial charge >= 0.3 is 0 Å². The van der Waals surface area contributed by atoms with Crippen LogP contribution in [0.1, 0.15) is 83.4 Å².